The summed E-state index contributed by atoms with van der Waals surface area (Å²) in [6, 6.07) is 6.16. The van der Waals surface area contributed by atoms with E-state index in [1.54, 1.807) is 11.3 Å². The Morgan fingerprint density at radius 1 is 1.53 bits per heavy atom. The molecule has 90 valence electrons. The zero-order valence-electron chi connectivity index (χ0n) is 9.28. The van der Waals surface area contributed by atoms with Gasteiger partial charge in [0.15, 0.2) is 5.13 Å². The third kappa shape index (κ3) is 2.61. The lowest BCUT2D eigenvalue weighted by atomic mass is 10.2. The highest BCUT2D eigenvalue weighted by molar-refractivity contribution is 9.10. The summed E-state index contributed by atoms with van der Waals surface area (Å²) in [5.41, 5.74) is 1.05. The quantitative estimate of drug-likeness (QED) is 0.939. The van der Waals surface area contributed by atoms with Gasteiger partial charge in [0.1, 0.15) is 0 Å². The van der Waals surface area contributed by atoms with E-state index < -0.39 is 0 Å². The Morgan fingerprint density at radius 3 is 3.29 bits per heavy atom. The minimum atomic E-state index is 0.355. The number of ether oxygens (including phenoxy) is 1. The number of anilines is 1. The van der Waals surface area contributed by atoms with Crippen LogP contribution in [0.3, 0.4) is 0 Å². The molecule has 3 rings (SSSR count). The summed E-state index contributed by atoms with van der Waals surface area (Å²) in [6.45, 7) is 1.76. The van der Waals surface area contributed by atoms with E-state index in [-0.39, 0.29) is 0 Å². The van der Waals surface area contributed by atoms with Gasteiger partial charge in [-0.3, -0.25) is 0 Å². The van der Waals surface area contributed by atoms with Gasteiger partial charge in [0, 0.05) is 17.6 Å². The van der Waals surface area contributed by atoms with Crippen LogP contribution < -0.4 is 5.32 Å². The number of nitrogens with one attached hydrogen (secondary N) is 1. The number of hydrogen-bond donors (Lipinski definition) is 1. The van der Waals surface area contributed by atoms with Crippen LogP contribution >= 0.6 is 27.3 Å². The number of fused-ring (bicyclic) bond motifs is 1. The number of rotatable bonds is 3. The molecular weight excluding hydrogens is 300 g/mol. The molecule has 1 aliphatic heterocycles. The zero-order valence-corrected chi connectivity index (χ0v) is 11.7. The molecule has 1 aliphatic rings. The molecule has 1 fully saturated rings. The molecule has 3 nitrogen and oxygen atoms in total. The van der Waals surface area contributed by atoms with Gasteiger partial charge in [-0.2, -0.15) is 0 Å². The van der Waals surface area contributed by atoms with Gasteiger partial charge >= 0.3 is 0 Å². The second-order valence-corrected chi connectivity index (χ2v) is 6.09. The number of benzene rings is 1. The van der Waals surface area contributed by atoms with E-state index in [4.69, 9.17) is 4.74 Å². The Bertz CT molecular complexity index is 522. The molecule has 17 heavy (non-hydrogen) atoms. The Hall–Kier alpha value is -0.650. The van der Waals surface area contributed by atoms with Gasteiger partial charge in [-0.15, -0.1) is 0 Å². The minimum absolute atomic E-state index is 0.355. The summed E-state index contributed by atoms with van der Waals surface area (Å²) in [5, 5.41) is 4.34. The molecular formula is C12H13BrN2OS. The predicted octanol–water partition coefficient (Wildman–Crippen LogP) is 3.65. The molecule has 1 aromatic carbocycles. The van der Waals surface area contributed by atoms with Crippen molar-refractivity contribution in [1.29, 1.82) is 0 Å². The van der Waals surface area contributed by atoms with Crippen LogP contribution in [-0.4, -0.2) is 24.2 Å². The van der Waals surface area contributed by atoms with E-state index >= 15 is 0 Å². The topological polar surface area (TPSA) is 34.2 Å². The second-order valence-electron chi connectivity index (χ2n) is 4.15. The lowest BCUT2D eigenvalue weighted by molar-refractivity contribution is 0.120. The highest BCUT2D eigenvalue weighted by atomic mass is 79.9. The fraction of sp³-hybridized carbons (Fsp3) is 0.417. The SMILES string of the molecule is Brc1ccc2nc(NCC3CCCO3)sc2c1. The van der Waals surface area contributed by atoms with E-state index in [2.05, 4.69) is 32.3 Å². The molecule has 0 bridgehead atoms. The maximum atomic E-state index is 5.57. The Labute approximate surface area is 112 Å². The molecule has 1 aromatic heterocycles. The molecule has 0 radical (unpaired) electrons. The van der Waals surface area contributed by atoms with Crippen LogP contribution in [0.2, 0.25) is 0 Å². The molecule has 0 amide bonds. The molecule has 1 atom stereocenters. The van der Waals surface area contributed by atoms with Crippen molar-refractivity contribution in [3.8, 4) is 0 Å². The first-order chi connectivity index (χ1) is 8.31. The number of aromatic nitrogens is 1. The average molecular weight is 313 g/mol. The van der Waals surface area contributed by atoms with Gasteiger partial charge in [0.05, 0.1) is 16.3 Å². The number of hydrogen-bond acceptors (Lipinski definition) is 4. The van der Waals surface area contributed by atoms with E-state index in [0.717, 1.165) is 34.7 Å². The van der Waals surface area contributed by atoms with Gasteiger partial charge in [0.2, 0.25) is 0 Å². The summed E-state index contributed by atoms with van der Waals surface area (Å²) in [6.07, 6.45) is 2.69. The van der Waals surface area contributed by atoms with Crippen LogP contribution in [0.1, 0.15) is 12.8 Å². The average Bonchev–Trinajstić information content (AvgIpc) is 2.94. The number of nitrogens with zero attached hydrogens (tertiary/aromatic N) is 1. The molecule has 2 heterocycles. The predicted molar refractivity (Wildman–Crippen MR) is 74.8 cm³/mol. The first-order valence-corrected chi connectivity index (χ1v) is 7.34. The van der Waals surface area contributed by atoms with Crippen LogP contribution in [0, 0.1) is 0 Å². The van der Waals surface area contributed by atoms with Crippen LogP contribution in [0.4, 0.5) is 5.13 Å². The van der Waals surface area contributed by atoms with Crippen molar-refractivity contribution in [3.63, 3.8) is 0 Å². The first kappa shape index (κ1) is 11.4. The third-order valence-corrected chi connectivity index (χ3v) is 4.32. The van der Waals surface area contributed by atoms with Crippen molar-refractivity contribution in [2.24, 2.45) is 0 Å². The van der Waals surface area contributed by atoms with Gasteiger partial charge in [0.25, 0.3) is 0 Å². The smallest absolute Gasteiger partial charge is 0.183 e. The Morgan fingerprint density at radius 2 is 2.47 bits per heavy atom. The van der Waals surface area contributed by atoms with E-state index in [9.17, 15) is 0 Å². The van der Waals surface area contributed by atoms with Crippen molar-refractivity contribution in [1.82, 2.24) is 4.98 Å². The monoisotopic (exact) mass is 312 g/mol. The standard InChI is InChI=1S/C12H13BrN2OS/c13-8-3-4-10-11(6-8)17-12(15-10)14-7-9-2-1-5-16-9/h3-4,6,9H,1-2,5,7H2,(H,14,15). The summed E-state index contributed by atoms with van der Waals surface area (Å²) in [5.74, 6) is 0. The van der Waals surface area contributed by atoms with E-state index in [0.29, 0.717) is 6.10 Å². The fourth-order valence-electron chi connectivity index (χ4n) is 1.98. The summed E-state index contributed by atoms with van der Waals surface area (Å²) < 4.78 is 7.87. The lowest BCUT2D eigenvalue weighted by Crippen LogP contribution is -2.18. The molecule has 0 saturated carbocycles. The number of halogens is 1. The normalized spacial score (nSPS) is 19.9. The highest BCUT2D eigenvalue weighted by Crippen LogP contribution is 2.28. The van der Waals surface area contributed by atoms with Crippen LogP contribution in [-0.2, 0) is 4.74 Å². The lowest BCUT2D eigenvalue weighted by Gasteiger charge is -2.08. The Balaban J connectivity index is 1.72. The van der Waals surface area contributed by atoms with E-state index in [1.807, 2.05) is 12.1 Å². The highest BCUT2D eigenvalue weighted by Gasteiger charge is 2.15. The zero-order chi connectivity index (χ0) is 11.7. The summed E-state index contributed by atoms with van der Waals surface area (Å²) in [7, 11) is 0. The van der Waals surface area contributed by atoms with Crippen molar-refractivity contribution >= 4 is 42.6 Å². The summed E-state index contributed by atoms with van der Waals surface area (Å²) in [4.78, 5) is 4.55. The van der Waals surface area contributed by atoms with Gasteiger partial charge in [-0.25, -0.2) is 4.98 Å². The fourth-order valence-corrected chi connectivity index (χ4v) is 3.41. The first-order valence-electron chi connectivity index (χ1n) is 5.73. The maximum Gasteiger partial charge on any atom is 0.183 e. The van der Waals surface area contributed by atoms with Crippen molar-refractivity contribution in [2.75, 3.05) is 18.5 Å². The van der Waals surface area contributed by atoms with Gasteiger partial charge in [-0.05, 0) is 31.0 Å². The van der Waals surface area contributed by atoms with Crippen molar-refractivity contribution in [2.45, 2.75) is 18.9 Å². The molecule has 2 aromatic rings. The van der Waals surface area contributed by atoms with E-state index in [1.165, 1.54) is 11.1 Å². The molecule has 1 saturated heterocycles. The molecule has 5 heteroatoms. The van der Waals surface area contributed by atoms with Crippen LogP contribution in [0.15, 0.2) is 22.7 Å². The van der Waals surface area contributed by atoms with Crippen molar-refractivity contribution in [3.05, 3.63) is 22.7 Å². The van der Waals surface area contributed by atoms with Crippen LogP contribution in [0.25, 0.3) is 10.2 Å². The minimum Gasteiger partial charge on any atom is -0.376 e. The van der Waals surface area contributed by atoms with Crippen LogP contribution in [0.5, 0.6) is 0 Å². The molecule has 1 unspecified atom stereocenters. The summed E-state index contributed by atoms with van der Waals surface area (Å²) >= 11 is 5.16. The van der Waals surface area contributed by atoms with Gasteiger partial charge < -0.3 is 10.1 Å². The van der Waals surface area contributed by atoms with Gasteiger partial charge in [-0.1, -0.05) is 27.3 Å². The maximum absolute atomic E-state index is 5.57. The number of thiazole rings is 1. The third-order valence-electron chi connectivity index (χ3n) is 2.86. The Kier molecular flexibility index (Phi) is 3.31. The molecule has 1 N–H and O–H groups in total. The molecule has 0 aliphatic carbocycles. The molecule has 0 spiro atoms. The largest absolute Gasteiger partial charge is 0.376 e. The second kappa shape index (κ2) is 4.92. The van der Waals surface area contributed by atoms with Crippen molar-refractivity contribution < 1.29 is 4.74 Å².